The Labute approximate surface area is 356 Å². The number of thiazole rings is 1. The van der Waals surface area contributed by atoms with Crippen LogP contribution in [0, 0.1) is 5.92 Å². The molecule has 1 aromatic carbocycles. The van der Waals surface area contributed by atoms with E-state index in [1.807, 2.05) is 48.8 Å². The van der Waals surface area contributed by atoms with Gasteiger partial charge in [0, 0.05) is 49.3 Å². The van der Waals surface area contributed by atoms with Crippen LogP contribution < -0.4 is 20.1 Å². The maximum absolute atomic E-state index is 14.7. The number of benzene rings is 1. The summed E-state index contributed by atoms with van der Waals surface area (Å²) in [6, 6.07) is 4.08. The van der Waals surface area contributed by atoms with E-state index in [4.69, 9.17) is 19.4 Å². The average molecular weight is 867 g/mol. The smallest absolute Gasteiger partial charge is 0.408 e. The number of alkyl carbamates (subject to hydrolysis) is 1. The lowest BCUT2D eigenvalue weighted by Crippen LogP contribution is -2.58. The molecule has 4 heterocycles. The summed E-state index contributed by atoms with van der Waals surface area (Å²) in [6.07, 6.45) is 9.18. The van der Waals surface area contributed by atoms with Gasteiger partial charge in [-0.25, -0.2) is 14.5 Å². The van der Waals surface area contributed by atoms with Crippen LogP contribution in [0.1, 0.15) is 116 Å². The molecule has 5 atom stereocenters. The molecule has 2 aliphatic heterocycles. The predicted molar refractivity (Wildman–Crippen MR) is 227 cm³/mol. The predicted octanol–water partition coefficient (Wildman–Crippen LogP) is 5.57. The van der Waals surface area contributed by atoms with Crippen molar-refractivity contribution >= 4 is 56.4 Å². The summed E-state index contributed by atoms with van der Waals surface area (Å²) in [5, 5.41) is 8.67. The summed E-state index contributed by atoms with van der Waals surface area (Å²) in [5.41, 5.74) is 1.22. The van der Waals surface area contributed by atoms with Gasteiger partial charge in [-0.05, 0) is 85.3 Å². The Bertz CT molecular complexity index is 2260. The second-order valence-electron chi connectivity index (χ2n) is 18.0. The van der Waals surface area contributed by atoms with Crippen LogP contribution in [0.4, 0.5) is 4.79 Å². The molecule has 4 amide bonds. The van der Waals surface area contributed by atoms with Crippen molar-refractivity contribution in [1.82, 2.24) is 39.1 Å². The molecular weight excluding hydrogens is 809 g/mol. The number of nitrogens with one attached hydrogen (secondary N) is 3. The minimum Gasteiger partial charge on any atom is -0.459 e. The molecule has 0 spiro atoms. The third-order valence-electron chi connectivity index (χ3n) is 11.8. The molecule has 326 valence electrons. The van der Waals surface area contributed by atoms with Crippen LogP contribution in [-0.2, 0) is 29.3 Å². The number of para-hydroxylation sites is 1. The van der Waals surface area contributed by atoms with Crippen molar-refractivity contribution in [2.24, 2.45) is 5.92 Å². The molecule has 0 bridgehead atoms. The summed E-state index contributed by atoms with van der Waals surface area (Å²) in [5.74, 6) is -1.97. The number of amides is 4. The number of imidazole rings is 1. The normalized spacial score (nSPS) is 26.1. The van der Waals surface area contributed by atoms with Crippen LogP contribution in [0.3, 0.4) is 0 Å². The molecule has 1 saturated heterocycles. The van der Waals surface area contributed by atoms with Crippen molar-refractivity contribution in [2.75, 3.05) is 20.6 Å². The van der Waals surface area contributed by atoms with Crippen molar-refractivity contribution in [2.45, 2.75) is 140 Å². The molecule has 60 heavy (non-hydrogen) atoms. The minimum absolute atomic E-state index is 0.0215. The molecule has 16 nitrogen and oxygen atoms in total. The lowest BCUT2D eigenvalue weighted by molar-refractivity contribution is -0.141. The highest BCUT2D eigenvalue weighted by atomic mass is 32.2. The van der Waals surface area contributed by atoms with E-state index in [9.17, 15) is 27.6 Å². The van der Waals surface area contributed by atoms with Gasteiger partial charge in [-0.3, -0.25) is 19.0 Å². The number of ether oxygens (including phenoxy) is 2. The number of rotatable bonds is 9. The van der Waals surface area contributed by atoms with Crippen LogP contribution in [0.5, 0.6) is 6.01 Å². The minimum atomic E-state index is -4.18. The highest BCUT2D eigenvalue weighted by Gasteiger charge is 2.62. The zero-order chi connectivity index (χ0) is 43.1. The van der Waals surface area contributed by atoms with Gasteiger partial charge in [0.2, 0.25) is 11.8 Å². The molecule has 0 unspecified atom stereocenters. The number of hydrogen-bond acceptors (Lipinski definition) is 11. The van der Waals surface area contributed by atoms with E-state index in [-0.39, 0.29) is 25.4 Å². The summed E-state index contributed by atoms with van der Waals surface area (Å²) in [6.45, 7) is 9.24. The highest BCUT2D eigenvalue weighted by molar-refractivity contribution is 7.87. The first-order valence-electron chi connectivity index (χ1n) is 21.0. The molecule has 7 rings (SSSR count). The number of allylic oxidation sites excluding steroid dienone is 1. The zero-order valence-corrected chi connectivity index (χ0v) is 37.2. The maximum atomic E-state index is 14.7. The third kappa shape index (κ3) is 9.20. The maximum Gasteiger partial charge on any atom is 0.408 e. The Hall–Kier alpha value is -4.55. The molecular formula is C42H58N8O8S2. The van der Waals surface area contributed by atoms with Crippen LogP contribution in [0.15, 0.2) is 35.7 Å². The Morgan fingerprint density at radius 1 is 1.07 bits per heavy atom. The summed E-state index contributed by atoms with van der Waals surface area (Å²) >= 11 is 1.60. The van der Waals surface area contributed by atoms with E-state index in [1.54, 1.807) is 32.1 Å². The number of hydrogen-bond donors (Lipinski definition) is 3. The first-order chi connectivity index (χ1) is 28.4. The van der Waals surface area contributed by atoms with Gasteiger partial charge in [-0.2, -0.15) is 17.7 Å². The summed E-state index contributed by atoms with van der Waals surface area (Å²) in [4.78, 5) is 67.6. The van der Waals surface area contributed by atoms with Crippen LogP contribution >= 0.6 is 11.3 Å². The first-order valence-corrected chi connectivity index (χ1v) is 23.4. The lowest BCUT2D eigenvalue weighted by Gasteiger charge is -2.30. The van der Waals surface area contributed by atoms with E-state index in [0.29, 0.717) is 31.2 Å². The topological polar surface area (TPSA) is 194 Å². The van der Waals surface area contributed by atoms with Gasteiger partial charge in [0.15, 0.2) is 0 Å². The average Bonchev–Trinajstić information content (AvgIpc) is 3.47. The highest BCUT2D eigenvalue weighted by Crippen LogP contribution is 2.46. The molecule has 4 aliphatic rings. The molecule has 18 heteroatoms. The van der Waals surface area contributed by atoms with Crippen molar-refractivity contribution in [3.63, 3.8) is 0 Å². The van der Waals surface area contributed by atoms with Crippen molar-refractivity contribution in [3.8, 4) is 16.6 Å². The Kier molecular flexibility index (Phi) is 12.4. The van der Waals surface area contributed by atoms with Crippen molar-refractivity contribution in [1.29, 1.82) is 0 Å². The van der Waals surface area contributed by atoms with Crippen molar-refractivity contribution in [3.05, 3.63) is 41.4 Å². The molecule has 3 aromatic rings. The fourth-order valence-electron chi connectivity index (χ4n) is 8.22. The van der Waals surface area contributed by atoms with Gasteiger partial charge in [-0.1, -0.05) is 37.5 Å². The Morgan fingerprint density at radius 3 is 2.52 bits per heavy atom. The number of fused-ring (bicyclic) bond motifs is 3. The van der Waals surface area contributed by atoms with Crippen LogP contribution in [0.2, 0.25) is 0 Å². The van der Waals surface area contributed by atoms with Gasteiger partial charge < -0.3 is 25.0 Å². The van der Waals surface area contributed by atoms with E-state index in [0.717, 1.165) is 57.3 Å². The van der Waals surface area contributed by atoms with Gasteiger partial charge in [-0.15, -0.1) is 11.3 Å². The quantitative estimate of drug-likeness (QED) is 0.229. The standard InChI is InChI=1S/C42H58N8O8S2/c1-25(2)50-32-20-14-18-29(36-43-31(24-59-36)26-15-13-16-26)34(32)45-39(50)57-28-21-33-35(51)46-42(38(53)47-60(55,56)48(6)7)22-27(42)17-11-9-8-10-12-19-30(37(52)49(33)23-28)44-40(54)58-41(3,4)5/h11,14,17-18,20,24-28,30,33H,8-10,12-13,15-16,19,21-23H2,1-7H3,(H,44,54)(H,46,51)(H,47,53)/b17-11-/t27-,28-,30+,33+,42-/m1/s1. The summed E-state index contributed by atoms with van der Waals surface area (Å²) < 4.78 is 42.9. The Morgan fingerprint density at radius 2 is 1.83 bits per heavy atom. The number of carbonyl (C=O) groups excluding carboxylic acids is 4. The SMILES string of the molecule is CC(C)n1c(O[C@@H]2C[C@H]3C(=O)N[C@]4(C(=O)NS(=O)(=O)N(C)C)C[C@H]4/C=C\CCCCC[C@H](NC(=O)OC(C)(C)C)C(=O)N3C2)nc2c(-c3nc(C4CCC4)cs3)cccc21. The monoisotopic (exact) mass is 866 g/mol. The molecule has 3 N–H and O–H groups in total. The van der Waals surface area contributed by atoms with Gasteiger partial charge >= 0.3 is 16.3 Å². The molecule has 3 fully saturated rings. The van der Waals surface area contributed by atoms with Crippen molar-refractivity contribution < 1.29 is 37.1 Å². The zero-order valence-electron chi connectivity index (χ0n) is 35.5. The van der Waals surface area contributed by atoms with Gasteiger partial charge in [0.25, 0.3) is 11.9 Å². The Balaban J connectivity index is 1.22. The van der Waals surface area contributed by atoms with Gasteiger partial charge in [0.05, 0.1) is 17.8 Å². The first kappa shape index (κ1) is 43.5. The number of nitrogens with zero attached hydrogens (tertiary/aromatic N) is 5. The number of aromatic nitrogens is 3. The van der Waals surface area contributed by atoms with E-state index in [1.165, 1.54) is 25.4 Å². The van der Waals surface area contributed by atoms with Crippen LogP contribution in [0.25, 0.3) is 21.6 Å². The fraction of sp³-hybridized carbons (Fsp3) is 0.619. The van der Waals surface area contributed by atoms with E-state index in [2.05, 4.69) is 20.7 Å². The third-order valence-corrected chi connectivity index (χ3v) is 14.1. The number of carbonyl (C=O) groups is 4. The molecule has 2 saturated carbocycles. The van der Waals surface area contributed by atoms with Gasteiger partial charge in [0.1, 0.15) is 39.9 Å². The van der Waals surface area contributed by atoms with E-state index >= 15 is 0 Å². The van der Waals surface area contributed by atoms with Crippen LogP contribution in [-0.4, -0.2) is 106 Å². The summed E-state index contributed by atoms with van der Waals surface area (Å²) in [7, 11) is -1.58. The lowest BCUT2D eigenvalue weighted by atomic mass is 9.83. The molecule has 2 aromatic heterocycles. The molecule has 2 aliphatic carbocycles. The molecule has 0 radical (unpaired) electrons. The fourth-order valence-corrected chi connectivity index (χ4v) is 9.74. The van der Waals surface area contributed by atoms with E-state index < -0.39 is 69.3 Å². The largest absolute Gasteiger partial charge is 0.459 e. The second kappa shape index (κ2) is 17.1. The second-order valence-corrected chi connectivity index (χ2v) is 20.7.